The summed E-state index contributed by atoms with van der Waals surface area (Å²) in [6, 6.07) is 0. The molecule has 0 aliphatic rings. The zero-order valence-electron chi connectivity index (χ0n) is 11.7. The molecule has 1 nitrogen and oxygen atoms in total. The van der Waals surface area contributed by atoms with Crippen LogP contribution in [0.4, 0.5) is 0 Å². The molecule has 0 aliphatic carbocycles. The van der Waals surface area contributed by atoms with Gasteiger partial charge in [-0.2, -0.15) is 0 Å². The summed E-state index contributed by atoms with van der Waals surface area (Å²) < 4.78 is 0. The lowest BCUT2D eigenvalue weighted by molar-refractivity contribution is 0.140. The Hall–Kier alpha value is -0.0400. The maximum Gasteiger partial charge on any atom is 0.0540 e. The summed E-state index contributed by atoms with van der Waals surface area (Å²) in [6.07, 6.45) is 12.2. The topological polar surface area (TPSA) is 20.2 Å². The number of aliphatic hydroxyl groups excluding tert-OH is 1. The van der Waals surface area contributed by atoms with E-state index >= 15 is 0 Å². The van der Waals surface area contributed by atoms with Gasteiger partial charge >= 0.3 is 0 Å². The van der Waals surface area contributed by atoms with Crippen LogP contribution in [0, 0.1) is 5.92 Å². The van der Waals surface area contributed by atoms with E-state index in [2.05, 4.69) is 20.8 Å². The van der Waals surface area contributed by atoms with E-state index < -0.39 is 0 Å². The van der Waals surface area contributed by atoms with Crippen molar-refractivity contribution in [3.05, 3.63) is 0 Å². The highest BCUT2D eigenvalue weighted by Crippen LogP contribution is 2.20. The van der Waals surface area contributed by atoms with Crippen LogP contribution in [0.25, 0.3) is 0 Å². The summed E-state index contributed by atoms with van der Waals surface area (Å²) >= 11 is 0. The fourth-order valence-electron chi connectivity index (χ4n) is 2.25. The van der Waals surface area contributed by atoms with Crippen molar-refractivity contribution in [2.45, 2.75) is 91.1 Å². The Labute approximate surface area is 103 Å². The maximum absolute atomic E-state index is 9.85. The lowest BCUT2D eigenvalue weighted by atomic mass is 9.92. The largest absolute Gasteiger partial charge is 0.393 e. The molecule has 1 N–H and O–H groups in total. The molecule has 2 unspecified atom stereocenters. The van der Waals surface area contributed by atoms with E-state index in [1.807, 2.05) is 0 Å². The molecule has 1 heteroatoms. The summed E-state index contributed by atoms with van der Waals surface area (Å²) in [5, 5.41) is 9.85. The first-order chi connectivity index (χ1) is 7.74. The van der Waals surface area contributed by atoms with Crippen molar-refractivity contribution in [1.82, 2.24) is 0 Å². The number of hydrogen-bond acceptors (Lipinski definition) is 1. The molecule has 0 amide bonds. The summed E-state index contributed by atoms with van der Waals surface area (Å²) in [6.45, 7) is 6.75. The smallest absolute Gasteiger partial charge is 0.0540 e. The SMILES string of the molecule is CCCCCC(O)CCC(CC)CCCC. The van der Waals surface area contributed by atoms with Gasteiger partial charge in [-0.25, -0.2) is 0 Å². The average Bonchev–Trinajstić information content (AvgIpc) is 2.30. The third-order valence-electron chi connectivity index (χ3n) is 3.59. The zero-order chi connectivity index (χ0) is 12.2. The predicted octanol–water partition coefficient (Wildman–Crippen LogP) is 4.92. The molecule has 0 bridgehead atoms. The van der Waals surface area contributed by atoms with E-state index in [-0.39, 0.29) is 6.10 Å². The van der Waals surface area contributed by atoms with Gasteiger partial charge in [-0.1, -0.05) is 65.7 Å². The molecule has 0 radical (unpaired) electrons. The van der Waals surface area contributed by atoms with Crippen LogP contribution in [-0.2, 0) is 0 Å². The molecule has 0 aromatic heterocycles. The van der Waals surface area contributed by atoms with Crippen molar-refractivity contribution in [3.63, 3.8) is 0 Å². The van der Waals surface area contributed by atoms with E-state index in [1.54, 1.807) is 0 Å². The predicted molar refractivity (Wildman–Crippen MR) is 72.7 cm³/mol. The van der Waals surface area contributed by atoms with Gasteiger partial charge in [-0.15, -0.1) is 0 Å². The Morgan fingerprint density at radius 3 is 2.00 bits per heavy atom. The van der Waals surface area contributed by atoms with E-state index in [4.69, 9.17) is 0 Å². The van der Waals surface area contributed by atoms with Crippen molar-refractivity contribution in [1.29, 1.82) is 0 Å². The Kier molecular flexibility index (Phi) is 11.4. The minimum Gasteiger partial charge on any atom is -0.393 e. The molecule has 0 fully saturated rings. The second-order valence-corrected chi connectivity index (χ2v) is 5.14. The highest BCUT2D eigenvalue weighted by Gasteiger charge is 2.09. The van der Waals surface area contributed by atoms with E-state index in [9.17, 15) is 5.11 Å². The number of aliphatic hydroxyl groups is 1. The molecular formula is C15H32O. The molecule has 0 rings (SSSR count). The van der Waals surface area contributed by atoms with Crippen molar-refractivity contribution < 1.29 is 5.11 Å². The van der Waals surface area contributed by atoms with Crippen LogP contribution >= 0.6 is 0 Å². The minimum atomic E-state index is -0.0396. The van der Waals surface area contributed by atoms with Gasteiger partial charge in [0.05, 0.1) is 6.10 Å². The number of rotatable bonds is 11. The van der Waals surface area contributed by atoms with E-state index in [1.165, 1.54) is 51.4 Å². The average molecular weight is 228 g/mol. The number of hydrogen-bond donors (Lipinski definition) is 1. The Morgan fingerprint density at radius 2 is 1.44 bits per heavy atom. The van der Waals surface area contributed by atoms with Crippen molar-refractivity contribution in [2.75, 3.05) is 0 Å². The Balaban J connectivity index is 3.50. The van der Waals surface area contributed by atoms with Crippen LogP contribution in [0.2, 0.25) is 0 Å². The quantitative estimate of drug-likeness (QED) is 0.497. The van der Waals surface area contributed by atoms with Crippen molar-refractivity contribution in [3.8, 4) is 0 Å². The van der Waals surface area contributed by atoms with Crippen LogP contribution in [0.15, 0.2) is 0 Å². The van der Waals surface area contributed by atoms with Crippen molar-refractivity contribution >= 4 is 0 Å². The van der Waals surface area contributed by atoms with Crippen LogP contribution in [-0.4, -0.2) is 11.2 Å². The molecule has 0 aromatic carbocycles. The second kappa shape index (κ2) is 11.4. The standard InChI is InChI=1S/C15H32O/c1-4-7-9-11-15(16)13-12-14(6-3)10-8-5-2/h14-16H,4-13H2,1-3H3. The van der Waals surface area contributed by atoms with E-state index in [0.29, 0.717) is 0 Å². The van der Waals surface area contributed by atoms with Crippen LogP contribution in [0.1, 0.15) is 85.0 Å². The first-order valence-electron chi connectivity index (χ1n) is 7.42. The lowest BCUT2D eigenvalue weighted by Gasteiger charge is -2.17. The highest BCUT2D eigenvalue weighted by molar-refractivity contribution is 4.62. The van der Waals surface area contributed by atoms with Crippen LogP contribution in [0.3, 0.4) is 0 Å². The zero-order valence-corrected chi connectivity index (χ0v) is 11.7. The van der Waals surface area contributed by atoms with Crippen LogP contribution in [0.5, 0.6) is 0 Å². The Morgan fingerprint density at radius 1 is 0.750 bits per heavy atom. The van der Waals surface area contributed by atoms with Gasteiger partial charge in [0.25, 0.3) is 0 Å². The van der Waals surface area contributed by atoms with Gasteiger partial charge in [-0.3, -0.25) is 0 Å². The molecule has 0 aliphatic heterocycles. The third-order valence-corrected chi connectivity index (χ3v) is 3.59. The van der Waals surface area contributed by atoms with Gasteiger partial charge in [0.2, 0.25) is 0 Å². The van der Waals surface area contributed by atoms with Gasteiger partial charge < -0.3 is 5.11 Å². The molecule has 2 atom stereocenters. The molecule has 16 heavy (non-hydrogen) atoms. The first kappa shape index (κ1) is 16.0. The molecule has 0 saturated heterocycles. The maximum atomic E-state index is 9.85. The third kappa shape index (κ3) is 9.21. The van der Waals surface area contributed by atoms with E-state index in [0.717, 1.165) is 18.8 Å². The molecular weight excluding hydrogens is 196 g/mol. The molecule has 0 aromatic rings. The first-order valence-corrected chi connectivity index (χ1v) is 7.42. The second-order valence-electron chi connectivity index (χ2n) is 5.14. The van der Waals surface area contributed by atoms with Gasteiger partial charge in [-0.05, 0) is 25.2 Å². The summed E-state index contributed by atoms with van der Waals surface area (Å²) in [5.74, 6) is 0.848. The molecule has 98 valence electrons. The normalized spacial score (nSPS) is 15.0. The highest BCUT2D eigenvalue weighted by atomic mass is 16.3. The molecule has 0 spiro atoms. The fourth-order valence-corrected chi connectivity index (χ4v) is 2.25. The molecule has 0 saturated carbocycles. The summed E-state index contributed by atoms with van der Waals surface area (Å²) in [4.78, 5) is 0. The lowest BCUT2D eigenvalue weighted by Crippen LogP contribution is -2.09. The van der Waals surface area contributed by atoms with Gasteiger partial charge in [0.15, 0.2) is 0 Å². The number of unbranched alkanes of at least 4 members (excludes halogenated alkanes) is 3. The minimum absolute atomic E-state index is 0.0396. The van der Waals surface area contributed by atoms with Gasteiger partial charge in [0.1, 0.15) is 0 Å². The summed E-state index contributed by atoms with van der Waals surface area (Å²) in [7, 11) is 0. The molecule has 0 heterocycles. The Bertz CT molecular complexity index is 133. The van der Waals surface area contributed by atoms with Crippen molar-refractivity contribution in [2.24, 2.45) is 5.92 Å². The van der Waals surface area contributed by atoms with Gasteiger partial charge in [0, 0.05) is 0 Å². The monoisotopic (exact) mass is 228 g/mol. The summed E-state index contributed by atoms with van der Waals surface area (Å²) in [5.41, 5.74) is 0. The fraction of sp³-hybridized carbons (Fsp3) is 1.00. The van der Waals surface area contributed by atoms with Crippen LogP contribution < -0.4 is 0 Å².